The number of fused-ring (bicyclic) bond motifs is 2. The minimum Gasteiger partial charge on any atom is -0.456 e. The number of benzene rings is 10. The van der Waals surface area contributed by atoms with Crippen molar-refractivity contribution in [2.45, 2.75) is 0 Å². The van der Waals surface area contributed by atoms with Gasteiger partial charge in [0.2, 0.25) is 0 Å². The number of hydrogen-bond donors (Lipinski definition) is 0. The molecule has 0 unspecified atom stereocenters. The monoisotopic (exact) mass is 701 g/mol. The van der Waals surface area contributed by atoms with Crippen LogP contribution in [0.1, 0.15) is 0 Å². The number of hydrogen-bond acceptors (Lipinski definition) is 3. The molecule has 55 heavy (non-hydrogen) atoms. The van der Waals surface area contributed by atoms with Crippen molar-refractivity contribution in [1.82, 2.24) is 0 Å². The van der Waals surface area contributed by atoms with Gasteiger partial charge in [-0.05, 0) is 80.3 Å². The van der Waals surface area contributed by atoms with Gasteiger partial charge >= 0.3 is 0 Å². The van der Waals surface area contributed by atoms with Crippen LogP contribution in [0.25, 0.3) is 98.1 Å². The zero-order valence-electron chi connectivity index (χ0n) is 29.7. The lowest BCUT2D eigenvalue weighted by Gasteiger charge is -2.30. The molecule has 2 aromatic heterocycles. The molecule has 0 saturated heterocycles. The maximum Gasteiger partial charge on any atom is 0.136 e. The van der Waals surface area contributed by atoms with Crippen LogP contribution in [0.4, 0.5) is 17.1 Å². The van der Waals surface area contributed by atoms with Crippen LogP contribution in [0.3, 0.4) is 0 Å². The molecule has 12 rings (SSSR count). The third kappa shape index (κ3) is 4.38. The molecule has 3 heteroatoms. The first-order valence-corrected chi connectivity index (χ1v) is 18.8. The Labute approximate surface area is 315 Å². The van der Waals surface area contributed by atoms with Gasteiger partial charge in [-0.1, -0.05) is 146 Å². The summed E-state index contributed by atoms with van der Waals surface area (Å²) >= 11 is 0. The lowest BCUT2D eigenvalue weighted by molar-refractivity contribution is 0.664. The second-order valence-electron chi connectivity index (χ2n) is 14.4. The molecule has 12 aromatic rings. The summed E-state index contributed by atoms with van der Waals surface area (Å²) in [6.45, 7) is 0. The predicted octanol–water partition coefficient (Wildman–Crippen LogP) is 15.2. The first-order valence-electron chi connectivity index (χ1n) is 18.8. The molecule has 10 aromatic carbocycles. The zero-order valence-corrected chi connectivity index (χ0v) is 29.7. The van der Waals surface area contributed by atoms with Gasteiger partial charge in [0.15, 0.2) is 0 Å². The lowest BCUT2D eigenvalue weighted by atomic mass is 9.96. The Morgan fingerprint density at radius 1 is 0.273 bits per heavy atom. The predicted molar refractivity (Wildman–Crippen MR) is 231 cm³/mol. The van der Waals surface area contributed by atoms with E-state index in [0.29, 0.717) is 0 Å². The molecular formula is C52H31NO2. The van der Waals surface area contributed by atoms with Crippen molar-refractivity contribution in [2.75, 3.05) is 4.90 Å². The zero-order chi connectivity index (χ0) is 36.0. The Morgan fingerprint density at radius 3 is 1.24 bits per heavy atom. The minimum atomic E-state index is 0.849. The van der Waals surface area contributed by atoms with E-state index in [4.69, 9.17) is 8.83 Å². The van der Waals surface area contributed by atoms with Crippen molar-refractivity contribution in [1.29, 1.82) is 0 Å². The largest absolute Gasteiger partial charge is 0.456 e. The molecule has 2 heterocycles. The second-order valence-corrected chi connectivity index (χ2v) is 14.4. The van der Waals surface area contributed by atoms with E-state index in [1.807, 2.05) is 0 Å². The average Bonchev–Trinajstić information content (AvgIpc) is 3.48. The van der Waals surface area contributed by atoms with Crippen LogP contribution in [-0.4, -0.2) is 0 Å². The molecule has 256 valence electrons. The fourth-order valence-electron chi connectivity index (χ4n) is 9.12. The van der Waals surface area contributed by atoms with Crippen LogP contribution < -0.4 is 4.90 Å². The minimum absolute atomic E-state index is 0.849. The van der Waals surface area contributed by atoms with Crippen LogP contribution >= 0.6 is 0 Å². The average molecular weight is 702 g/mol. The molecule has 0 atom stereocenters. The van der Waals surface area contributed by atoms with Crippen LogP contribution in [0.5, 0.6) is 0 Å². The summed E-state index contributed by atoms with van der Waals surface area (Å²) in [7, 11) is 0. The summed E-state index contributed by atoms with van der Waals surface area (Å²) in [5.74, 6) is 0. The van der Waals surface area contributed by atoms with E-state index in [9.17, 15) is 0 Å². The highest BCUT2D eigenvalue weighted by Gasteiger charge is 2.24. The van der Waals surface area contributed by atoms with E-state index < -0.39 is 0 Å². The highest BCUT2D eigenvalue weighted by Crippen LogP contribution is 2.49. The Bertz CT molecular complexity index is 3300. The van der Waals surface area contributed by atoms with Gasteiger partial charge in [0.1, 0.15) is 22.3 Å². The molecule has 0 radical (unpaired) electrons. The highest BCUT2D eigenvalue weighted by atomic mass is 16.3. The van der Waals surface area contributed by atoms with E-state index in [1.165, 1.54) is 21.5 Å². The topological polar surface area (TPSA) is 29.5 Å². The van der Waals surface area contributed by atoms with Crippen molar-refractivity contribution in [3.05, 3.63) is 188 Å². The first-order chi connectivity index (χ1) is 27.3. The molecule has 0 fully saturated rings. The molecule has 0 aliphatic heterocycles. The maximum atomic E-state index is 6.85. The van der Waals surface area contributed by atoms with Gasteiger partial charge in [-0.25, -0.2) is 0 Å². The van der Waals surface area contributed by atoms with Crippen molar-refractivity contribution >= 4 is 104 Å². The summed E-state index contributed by atoms with van der Waals surface area (Å²) in [6, 6.07) is 67.2. The van der Waals surface area contributed by atoms with Crippen LogP contribution in [0, 0.1) is 0 Å². The van der Waals surface area contributed by atoms with Gasteiger partial charge in [0, 0.05) is 37.9 Å². The van der Waals surface area contributed by atoms with Crippen LogP contribution in [-0.2, 0) is 0 Å². The number of anilines is 3. The highest BCUT2D eigenvalue weighted by molar-refractivity contribution is 6.27. The number of nitrogens with zero attached hydrogens (tertiary/aromatic N) is 1. The molecule has 3 nitrogen and oxygen atoms in total. The molecule has 0 aliphatic carbocycles. The SMILES string of the molecule is c1ccc(-c2ccccc2N(c2ccc3oc4cccc5cccc(c6cccc2c36)c54)c2ccc3oc4cccc5cccc(c6cccc2c36)c54)cc1. The summed E-state index contributed by atoms with van der Waals surface area (Å²) in [5.41, 5.74) is 8.94. The fourth-order valence-corrected chi connectivity index (χ4v) is 9.12. The van der Waals surface area contributed by atoms with Gasteiger partial charge < -0.3 is 13.7 Å². The Hall–Kier alpha value is -7.36. The molecule has 0 spiro atoms. The molecule has 0 saturated carbocycles. The lowest BCUT2D eigenvalue weighted by Crippen LogP contribution is -2.12. The van der Waals surface area contributed by atoms with E-state index in [1.54, 1.807) is 0 Å². The van der Waals surface area contributed by atoms with Gasteiger partial charge in [0.25, 0.3) is 0 Å². The smallest absolute Gasteiger partial charge is 0.136 e. The molecular weight excluding hydrogens is 671 g/mol. The van der Waals surface area contributed by atoms with Crippen molar-refractivity contribution in [3.63, 3.8) is 0 Å². The Balaban J connectivity index is 1.24. The number of para-hydroxylation sites is 1. The number of rotatable bonds is 4. The normalized spacial score (nSPS) is 12.0. The standard InChI is InChI=1S/C52H31NO2/c1-2-12-32(13-3-1)35-18-4-5-25-42(35)53(43-28-30-47-51-38(21-10-23-40(43)51)36-19-6-14-33-16-8-26-45(54-47)49(33)36)44-29-31-48-52-39(22-11-24-41(44)52)37-20-7-15-34-17-9-27-46(55-48)50(34)37/h1-31H. The molecule has 0 bridgehead atoms. The third-order valence-electron chi connectivity index (χ3n) is 11.4. The Morgan fingerprint density at radius 2 is 0.691 bits per heavy atom. The molecule has 0 N–H and O–H groups in total. The van der Waals surface area contributed by atoms with E-state index >= 15 is 0 Å². The van der Waals surface area contributed by atoms with Gasteiger partial charge in [-0.2, -0.15) is 0 Å². The first kappa shape index (κ1) is 30.1. The fraction of sp³-hybridized carbons (Fsp3) is 0. The third-order valence-corrected chi connectivity index (χ3v) is 11.4. The van der Waals surface area contributed by atoms with Crippen molar-refractivity contribution in [2.24, 2.45) is 0 Å². The summed E-state index contributed by atoms with van der Waals surface area (Å²) in [5, 5.41) is 13.7. The quantitative estimate of drug-likeness (QED) is 0.183. The van der Waals surface area contributed by atoms with Crippen LogP contribution in [0.2, 0.25) is 0 Å². The summed E-state index contributed by atoms with van der Waals surface area (Å²) in [6.07, 6.45) is 0. The van der Waals surface area contributed by atoms with Gasteiger partial charge in [-0.3, -0.25) is 0 Å². The second kappa shape index (κ2) is 11.6. The van der Waals surface area contributed by atoms with E-state index in [0.717, 1.165) is 93.6 Å². The van der Waals surface area contributed by atoms with E-state index in [2.05, 4.69) is 193 Å². The maximum absolute atomic E-state index is 6.85. The van der Waals surface area contributed by atoms with Crippen LogP contribution in [0.15, 0.2) is 197 Å². The van der Waals surface area contributed by atoms with E-state index in [-0.39, 0.29) is 0 Å². The van der Waals surface area contributed by atoms with Gasteiger partial charge in [0.05, 0.1) is 17.1 Å². The molecule has 0 aliphatic rings. The molecule has 0 amide bonds. The van der Waals surface area contributed by atoms with Crippen molar-refractivity contribution in [3.8, 4) is 11.1 Å². The van der Waals surface area contributed by atoms with Gasteiger partial charge in [-0.15, -0.1) is 0 Å². The summed E-state index contributed by atoms with van der Waals surface area (Å²) in [4.78, 5) is 2.45. The Kier molecular flexibility index (Phi) is 6.34. The summed E-state index contributed by atoms with van der Waals surface area (Å²) < 4.78 is 13.7. The van der Waals surface area contributed by atoms with Crippen molar-refractivity contribution < 1.29 is 8.83 Å².